The van der Waals surface area contributed by atoms with Gasteiger partial charge in [0.2, 0.25) is 5.91 Å². The normalized spacial score (nSPS) is 34.5. The third-order valence-corrected chi connectivity index (χ3v) is 9.99. The number of hydrogen-bond acceptors (Lipinski definition) is 5. The topological polar surface area (TPSA) is 66.1 Å². The molecule has 3 fully saturated rings. The lowest BCUT2D eigenvalue weighted by Crippen LogP contribution is -2.78. The molecule has 1 aromatic carbocycles. The number of hydrogen-bond donors (Lipinski definition) is 1. The molecular weight excluding hydrogens is 452 g/mol. The molecule has 5 atom stereocenters. The number of likely N-dealkylation sites (N-methyl/N-ethyl adjacent to an activating group) is 1. The monoisotopic (exact) mass is 488 g/mol. The molecule has 1 amide bonds. The largest absolute Gasteiger partial charge is 0.487 e. The molecule has 2 saturated carbocycles. The van der Waals surface area contributed by atoms with E-state index in [1.807, 2.05) is 24.1 Å². The van der Waals surface area contributed by atoms with Crippen LogP contribution in [0.25, 0.3) is 6.08 Å². The molecule has 36 heavy (non-hydrogen) atoms. The van der Waals surface area contributed by atoms with Gasteiger partial charge in [0.05, 0.1) is 23.3 Å². The minimum atomic E-state index is -0.834. The summed E-state index contributed by atoms with van der Waals surface area (Å²) in [5, 5.41) is 12.7. The first-order chi connectivity index (χ1) is 17.5. The van der Waals surface area contributed by atoms with Gasteiger partial charge >= 0.3 is 0 Å². The number of rotatable bonds is 6. The van der Waals surface area contributed by atoms with E-state index in [0.717, 1.165) is 50.4 Å². The van der Waals surface area contributed by atoms with Gasteiger partial charge in [-0.25, -0.2) is 0 Å². The first-order valence-electron chi connectivity index (χ1n) is 13.7. The van der Waals surface area contributed by atoms with E-state index in [-0.39, 0.29) is 24.1 Å². The molecule has 1 saturated heterocycles. The minimum Gasteiger partial charge on any atom is -0.487 e. The second kappa shape index (κ2) is 7.96. The van der Waals surface area contributed by atoms with Crippen molar-refractivity contribution >= 4 is 12.0 Å². The molecule has 1 spiro atoms. The SMILES string of the molecule is CCc1ccc2c3c1OC1C(N(C)C(=O)/C=C/c4ccco4)CCC4(O)C(C2)N(CC2CC2)CCC314. The van der Waals surface area contributed by atoms with Gasteiger partial charge in [0, 0.05) is 31.3 Å². The van der Waals surface area contributed by atoms with E-state index in [2.05, 4.69) is 24.0 Å². The number of nitrogens with zero attached hydrogens (tertiary/aromatic N) is 2. The molecule has 190 valence electrons. The zero-order chi connectivity index (χ0) is 24.7. The third-order valence-electron chi connectivity index (χ3n) is 9.99. The van der Waals surface area contributed by atoms with Crippen LogP contribution in [0.2, 0.25) is 0 Å². The molecule has 5 aliphatic rings. The molecule has 3 heterocycles. The predicted octanol–water partition coefficient (Wildman–Crippen LogP) is 3.95. The van der Waals surface area contributed by atoms with Gasteiger partial charge in [0.1, 0.15) is 17.6 Å². The average Bonchev–Trinajstić information content (AvgIpc) is 3.40. The summed E-state index contributed by atoms with van der Waals surface area (Å²) in [5.74, 6) is 2.38. The molecule has 0 radical (unpaired) electrons. The number of ether oxygens (including phenoxy) is 1. The quantitative estimate of drug-likeness (QED) is 0.624. The Hall–Kier alpha value is -2.57. The van der Waals surface area contributed by atoms with Crippen LogP contribution in [0, 0.1) is 5.92 Å². The number of aliphatic hydroxyl groups is 1. The molecule has 3 aliphatic carbocycles. The number of amides is 1. The van der Waals surface area contributed by atoms with Crippen LogP contribution < -0.4 is 4.74 Å². The molecule has 2 aliphatic heterocycles. The zero-order valence-electron chi connectivity index (χ0n) is 21.3. The van der Waals surface area contributed by atoms with Crippen LogP contribution in [0.4, 0.5) is 0 Å². The van der Waals surface area contributed by atoms with Gasteiger partial charge in [0.15, 0.2) is 0 Å². The van der Waals surface area contributed by atoms with Crippen molar-refractivity contribution in [2.45, 2.75) is 81.1 Å². The molecule has 7 rings (SSSR count). The Bertz CT molecular complexity index is 1220. The van der Waals surface area contributed by atoms with Gasteiger partial charge in [-0.15, -0.1) is 0 Å². The van der Waals surface area contributed by atoms with Gasteiger partial charge < -0.3 is 19.2 Å². The number of aryl methyl sites for hydroxylation is 1. The number of furan rings is 1. The summed E-state index contributed by atoms with van der Waals surface area (Å²) >= 11 is 0. The fraction of sp³-hybridized carbons (Fsp3) is 0.567. The van der Waals surface area contributed by atoms with Gasteiger partial charge in [-0.05, 0) is 86.7 Å². The van der Waals surface area contributed by atoms with E-state index in [1.165, 1.54) is 29.5 Å². The van der Waals surface area contributed by atoms with Crippen LogP contribution in [0.15, 0.2) is 41.0 Å². The minimum absolute atomic E-state index is 0.0627. The van der Waals surface area contributed by atoms with E-state index < -0.39 is 11.0 Å². The first-order valence-corrected chi connectivity index (χ1v) is 13.7. The maximum Gasteiger partial charge on any atom is 0.246 e. The Morgan fingerprint density at radius 3 is 2.86 bits per heavy atom. The van der Waals surface area contributed by atoms with E-state index >= 15 is 0 Å². The standard InChI is InChI=1S/C30H36N2O4/c1-3-20-8-9-21-17-24-30(34)13-12-23(31(2)25(33)11-10-22-5-4-16-35-22)28-29(30,26(21)27(20)36-28)14-15-32(24)18-19-6-7-19/h4-5,8-11,16,19,23-24,28,34H,3,6-7,12-15,17-18H2,1-2H3/b11-10+. The number of carbonyl (C=O) groups excluding carboxylic acids is 1. The van der Waals surface area contributed by atoms with Crippen molar-refractivity contribution in [1.29, 1.82) is 0 Å². The second-order valence-corrected chi connectivity index (χ2v) is 11.7. The molecule has 1 N–H and O–H groups in total. The summed E-state index contributed by atoms with van der Waals surface area (Å²) < 4.78 is 12.3. The Labute approximate surface area is 212 Å². The van der Waals surface area contributed by atoms with Gasteiger partial charge in [-0.2, -0.15) is 0 Å². The molecule has 6 nitrogen and oxygen atoms in total. The summed E-state index contributed by atoms with van der Waals surface area (Å²) in [5.41, 5.74) is 2.51. The lowest BCUT2D eigenvalue weighted by atomic mass is 9.48. The molecule has 6 heteroatoms. The lowest BCUT2D eigenvalue weighted by Gasteiger charge is -2.64. The van der Waals surface area contributed by atoms with Crippen LogP contribution in [0.5, 0.6) is 5.75 Å². The van der Waals surface area contributed by atoms with Crippen molar-refractivity contribution < 1.29 is 19.1 Å². The highest BCUT2D eigenvalue weighted by Gasteiger charge is 2.73. The van der Waals surface area contributed by atoms with E-state index in [9.17, 15) is 9.90 Å². The Morgan fingerprint density at radius 2 is 2.11 bits per heavy atom. The fourth-order valence-electron chi connectivity index (χ4n) is 8.02. The Morgan fingerprint density at radius 1 is 1.25 bits per heavy atom. The summed E-state index contributed by atoms with van der Waals surface area (Å²) in [6.45, 7) is 4.26. The third kappa shape index (κ3) is 3.00. The van der Waals surface area contributed by atoms with E-state index in [4.69, 9.17) is 9.15 Å². The smallest absolute Gasteiger partial charge is 0.246 e. The van der Waals surface area contributed by atoms with Crippen LogP contribution in [0.1, 0.15) is 61.5 Å². The molecular formula is C30H36N2O4. The fourth-order valence-corrected chi connectivity index (χ4v) is 8.02. The van der Waals surface area contributed by atoms with Crippen molar-refractivity contribution in [2.24, 2.45) is 5.92 Å². The highest BCUT2D eigenvalue weighted by atomic mass is 16.5. The van der Waals surface area contributed by atoms with Crippen molar-refractivity contribution in [3.63, 3.8) is 0 Å². The van der Waals surface area contributed by atoms with Crippen molar-refractivity contribution in [2.75, 3.05) is 20.1 Å². The van der Waals surface area contributed by atoms with Crippen LogP contribution in [-0.4, -0.2) is 64.7 Å². The van der Waals surface area contributed by atoms with Crippen LogP contribution in [0.3, 0.4) is 0 Å². The molecule has 2 bridgehead atoms. The second-order valence-electron chi connectivity index (χ2n) is 11.7. The molecule has 2 aromatic rings. The van der Waals surface area contributed by atoms with Gasteiger partial charge in [-0.1, -0.05) is 19.1 Å². The maximum atomic E-state index is 13.3. The number of benzene rings is 1. The highest BCUT2D eigenvalue weighted by molar-refractivity contribution is 5.91. The first kappa shape index (κ1) is 22.6. The lowest BCUT2D eigenvalue weighted by molar-refractivity contribution is -0.200. The van der Waals surface area contributed by atoms with Crippen molar-refractivity contribution in [1.82, 2.24) is 9.80 Å². The van der Waals surface area contributed by atoms with Crippen molar-refractivity contribution in [3.05, 3.63) is 59.1 Å². The average molecular weight is 489 g/mol. The van der Waals surface area contributed by atoms with E-state index in [0.29, 0.717) is 12.2 Å². The maximum absolute atomic E-state index is 13.3. The number of likely N-dealkylation sites (tertiary alicyclic amines) is 1. The van der Waals surface area contributed by atoms with Gasteiger partial charge in [-0.3, -0.25) is 9.69 Å². The van der Waals surface area contributed by atoms with E-state index in [1.54, 1.807) is 18.4 Å². The van der Waals surface area contributed by atoms with Crippen LogP contribution in [-0.2, 0) is 23.1 Å². The zero-order valence-corrected chi connectivity index (χ0v) is 21.3. The number of carbonyl (C=O) groups is 1. The predicted molar refractivity (Wildman–Crippen MR) is 137 cm³/mol. The Kier molecular flexibility index (Phi) is 5.00. The van der Waals surface area contributed by atoms with Crippen LogP contribution >= 0.6 is 0 Å². The summed E-state index contributed by atoms with van der Waals surface area (Å²) in [6, 6.07) is 8.19. The van der Waals surface area contributed by atoms with Gasteiger partial charge in [0.25, 0.3) is 0 Å². The Balaban J connectivity index is 1.29. The number of piperidine rings is 1. The summed E-state index contributed by atoms with van der Waals surface area (Å²) in [4.78, 5) is 17.7. The summed E-state index contributed by atoms with van der Waals surface area (Å²) in [7, 11) is 1.89. The highest BCUT2D eigenvalue weighted by Crippen LogP contribution is 2.65. The summed E-state index contributed by atoms with van der Waals surface area (Å²) in [6.07, 6.45) is 11.4. The molecule has 5 unspecified atom stereocenters. The van der Waals surface area contributed by atoms with Crippen molar-refractivity contribution in [3.8, 4) is 5.75 Å². The molecule has 1 aromatic heterocycles.